The average molecular weight is 544 g/mol. The number of alkyl halides is 1. The van der Waals surface area contributed by atoms with Crippen molar-refractivity contribution in [2.75, 3.05) is 31.6 Å². The fraction of sp³-hybridized carbons (Fsp3) is 0.231. The fourth-order valence-corrected chi connectivity index (χ4v) is 3.67. The van der Waals surface area contributed by atoms with E-state index < -0.39 is 12.5 Å². The van der Waals surface area contributed by atoms with E-state index in [2.05, 4.69) is 32.5 Å². The molecule has 0 aliphatic heterocycles. The molecule has 3 rings (SSSR count). The van der Waals surface area contributed by atoms with E-state index in [4.69, 9.17) is 17.3 Å². The molecule has 3 aromatic rings. The smallest absolute Gasteiger partial charge is 0.251 e. The van der Waals surface area contributed by atoms with Gasteiger partial charge in [-0.15, -0.1) is 0 Å². The topological polar surface area (TPSA) is 126 Å². The lowest BCUT2D eigenvalue weighted by atomic mass is 10.0. The first-order valence-electron chi connectivity index (χ1n) is 11.7. The van der Waals surface area contributed by atoms with Crippen molar-refractivity contribution in [1.29, 1.82) is 0 Å². The van der Waals surface area contributed by atoms with Gasteiger partial charge in [-0.2, -0.15) is 0 Å². The van der Waals surface area contributed by atoms with Gasteiger partial charge in [0.05, 0.1) is 18.4 Å². The van der Waals surface area contributed by atoms with E-state index in [9.17, 15) is 18.4 Å². The molecule has 0 saturated heterocycles. The minimum atomic E-state index is -0.873. The van der Waals surface area contributed by atoms with Crippen LogP contribution < -0.4 is 21.7 Å². The number of hydrogen-bond acceptors (Lipinski definition) is 6. The van der Waals surface area contributed by atoms with Crippen LogP contribution in [0.1, 0.15) is 28.5 Å². The number of rotatable bonds is 12. The number of fused-ring (bicyclic) bond motifs is 1. The lowest BCUT2D eigenvalue weighted by molar-refractivity contribution is -0.119. The molecule has 0 aliphatic carbocycles. The fourth-order valence-electron chi connectivity index (χ4n) is 3.61. The first-order chi connectivity index (χ1) is 18.3. The van der Waals surface area contributed by atoms with Gasteiger partial charge in [0.25, 0.3) is 5.91 Å². The third-order valence-corrected chi connectivity index (χ3v) is 5.69. The second-order valence-corrected chi connectivity index (χ2v) is 8.49. The molecule has 2 heterocycles. The van der Waals surface area contributed by atoms with Crippen LogP contribution in [0.3, 0.4) is 0 Å². The Hall–Kier alpha value is -4.09. The maximum Gasteiger partial charge on any atom is 0.251 e. The van der Waals surface area contributed by atoms with E-state index in [1.807, 2.05) is 13.0 Å². The van der Waals surface area contributed by atoms with Gasteiger partial charge in [-0.05, 0) is 42.3 Å². The highest BCUT2D eigenvalue weighted by Gasteiger charge is 2.16. The Morgan fingerprint density at radius 2 is 1.97 bits per heavy atom. The molecule has 38 heavy (non-hydrogen) atoms. The third kappa shape index (κ3) is 7.02. The van der Waals surface area contributed by atoms with Crippen LogP contribution in [0.5, 0.6) is 0 Å². The van der Waals surface area contributed by atoms with Crippen LogP contribution in [-0.2, 0) is 11.2 Å². The van der Waals surface area contributed by atoms with Gasteiger partial charge in [0.1, 0.15) is 12.5 Å². The number of nitrogens with one attached hydrogen (secondary N) is 3. The largest absolute Gasteiger partial charge is 0.353 e. The predicted octanol–water partition coefficient (Wildman–Crippen LogP) is 3.80. The van der Waals surface area contributed by atoms with Crippen LogP contribution in [-0.4, -0.2) is 52.5 Å². The zero-order valence-electron chi connectivity index (χ0n) is 20.7. The van der Waals surface area contributed by atoms with E-state index in [1.165, 1.54) is 24.5 Å². The second-order valence-electron chi connectivity index (χ2n) is 8.01. The summed E-state index contributed by atoms with van der Waals surface area (Å²) in [4.78, 5) is 32.6. The Kier molecular flexibility index (Phi) is 10.1. The van der Waals surface area contributed by atoms with Crippen molar-refractivity contribution in [1.82, 2.24) is 25.0 Å². The molecule has 12 heteroatoms. The number of nitrogens with zero attached hydrogens (tertiary/aromatic N) is 3. The molecule has 9 nitrogen and oxygen atoms in total. The Morgan fingerprint density at radius 3 is 2.66 bits per heavy atom. The molecule has 200 valence electrons. The Bertz CT molecular complexity index is 1400. The van der Waals surface area contributed by atoms with Gasteiger partial charge in [0.2, 0.25) is 5.91 Å². The lowest BCUT2D eigenvalue weighted by Gasteiger charge is -2.13. The van der Waals surface area contributed by atoms with Crippen LogP contribution in [0.15, 0.2) is 66.4 Å². The summed E-state index contributed by atoms with van der Waals surface area (Å²) in [5, 5.41) is 8.48. The maximum absolute atomic E-state index is 14.2. The zero-order chi connectivity index (χ0) is 27.7. The summed E-state index contributed by atoms with van der Waals surface area (Å²) in [7, 11) is 0. The molecule has 5 N–H and O–H groups in total. The van der Waals surface area contributed by atoms with Crippen LogP contribution in [0.25, 0.3) is 11.2 Å². The molecule has 0 spiro atoms. The first-order valence-corrected chi connectivity index (χ1v) is 12.1. The SMILES string of the molecule is C=C(F)/C(=C\C=C(\Cl)CF)c1cnc2c(Nc3ccc(C(=O)NCCNC(=O)CN)c(CC)c3)nccn12. The Balaban J connectivity index is 1.83. The zero-order valence-corrected chi connectivity index (χ0v) is 21.5. The average Bonchev–Trinajstić information content (AvgIpc) is 3.35. The molecular formula is C26H28ClF2N7O2. The van der Waals surface area contributed by atoms with E-state index in [1.54, 1.807) is 22.7 Å². The molecule has 0 bridgehead atoms. The van der Waals surface area contributed by atoms with Crippen molar-refractivity contribution in [3.05, 3.63) is 83.2 Å². The number of carbonyl (C=O) groups is 2. The number of amides is 2. The van der Waals surface area contributed by atoms with E-state index in [0.717, 1.165) is 5.56 Å². The number of carbonyl (C=O) groups excluding carboxylic acids is 2. The Labute approximate surface area is 223 Å². The number of benzene rings is 1. The van der Waals surface area contributed by atoms with Crippen molar-refractivity contribution in [3.63, 3.8) is 0 Å². The van der Waals surface area contributed by atoms with Gasteiger partial charge < -0.3 is 21.7 Å². The van der Waals surface area contributed by atoms with Gasteiger partial charge in [0, 0.05) is 47.3 Å². The van der Waals surface area contributed by atoms with Crippen molar-refractivity contribution in [3.8, 4) is 0 Å². The van der Waals surface area contributed by atoms with Crippen molar-refractivity contribution in [2.45, 2.75) is 13.3 Å². The number of aromatic nitrogens is 3. The Morgan fingerprint density at radius 1 is 1.21 bits per heavy atom. The summed E-state index contributed by atoms with van der Waals surface area (Å²) in [6, 6.07) is 5.26. The van der Waals surface area contributed by atoms with E-state index >= 15 is 0 Å². The molecule has 2 aromatic heterocycles. The number of anilines is 2. The van der Waals surface area contributed by atoms with E-state index in [-0.39, 0.29) is 42.1 Å². The van der Waals surface area contributed by atoms with Crippen molar-refractivity contribution in [2.24, 2.45) is 5.73 Å². The monoisotopic (exact) mass is 543 g/mol. The molecule has 1 aromatic carbocycles. The summed E-state index contributed by atoms with van der Waals surface area (Å²) in [5.41, 5.74) is 8.09. The molecule has 2 amide bonds. The summed E-state index contributed by atoms with van der Waals surface area (Å²) in [5.74, 6) is -0.894. The van der Waals surface area contributed by atoms with Crippen molar-refractivity contribution >= 4 is 46.1 Å². The summed E-state index contributed by atoms with van der Waals surface area (Å²) in [6.07, 6.45) is 7.79. The van der Waals surface area contributed by atoms with Crippen LogP contribution in [0, 0.1) is 0 Å². The van der Waals surface area contributed by atoms with Gasteiger partial charge in [-0.25, -0.2) is 18.7 Å². The normalized spacial score (nSPS) is 11.9. The third-order valence-electron chi connectivity index (χ3n) is 5.47. The van der Waals surface area contributed by atoms with Crippen molar-refractivity contribution < 1.29 is 18.4 Å². The highest BCUT2D eigenvalue weighted by atomic mass is 35.5. The molecule has 0 aliphatic rings. The predicted molar refractivity (Wildman–Crippen MR) is 145 cm³/mol. The van der Waals surface area contributed by atoms with E-state index in [0.29, 0.717) is 34.8 Å². The number of nitrogens with two attached hydrogens (primary N) is 1. The number of aryl methyl sites for hydroxylation is 1. The second kappa shape index (κ2) is 13.5. The number of imidazole rings is 1. The molecule has 0 saturated carbocycles. The quantitative estimate of drug-likeness (QED) is 0.203. The maximum atomic E-state index is 14.2. The number of hydrogen-bond donors (Lipinski definition) is 4. The molecular weight excluding hydrogens is 516 g/mol. The molecule has 0 fully saturated rings. The molecule has 0 unspecified atom stereocenters. The number of halogens is 3. The van der Waals surface area contributed by atoms with Crippen LogP contribution >= 0.6 is 11.6 Å². The minimum Gasteiger partial charge on any atom is -0.353 e. The summed E-state index contributed by atoms with van der Waals surface area (Å²) >= 11 is 5.72. The first kappa shape index (κ1) is 28.5. The van der Waals surface area contributed by atoms with Gasteiger partial charge in [0.15, 0.2) is 11.5 Å². The lowest BCUT2D eigenvalue weighted by Crippen LogP contribution is -2.37. The highest BCUT2D eigenvalue weighted by Crippen LogP contribution is 2.28. The highest BCUT2D eigenvalue weighted by molar-refractivity contribution is 6.29. The molecule has 0 atom stereocenters. The van der Waals surface area contributed by atoms with Crippen LogP contribution in [0.4, 0.5) is 20.3 Å². The summed E-state index contributed by atoms with van der Waals surface area (Å²) in [6.45, 7) is 4.84. The van der Waals surface area contributed by atoms with Gasteiger partial charge in [-0.1, -0.05) is 25.1 Å². The van der Waals surface area contributed by atoms with Gasteiger partial charge >= 0.3 is 0 Å². The molecule has 0 radical (unpaired) electrons. The van der Waals surface area contributed by atoms with Crippen LogP contribution in [0.2, 0.25) is 0 Å². The van der Waals surface area contributed by atoms with Gasteiger partial charge in [-0.3, -0.25) is 14.0 Å². The number of allylic oxidation sites excluding steroid dienone is 5. The standard InChI is InChI=1S/C26H28ClF2N7O2/c1-3-17-12-19(5-7-21(17)26(38)33-9-8-31-23(37)14-30)35-24-25-34-15-22(36(25)11-10-32-24)20(16(2)29)6-4-18(27)13-28/h4-7,10-12,15H,2-3,8-9,13-14,30H2,1H3,(H,31,37)(H,32,35)(H,33,38)/b18-4+,20-6+. The summed E-state index contributed by atoms with van der Waals surface area (Å²) < 4.78 is 28.6. The minimum absolute atomic E-state index is 0.0798.